The Morgan fingerprint density at radius 3 is 2.92 bits per heavy atom. The molecule has 0 aromatic heterocycles. The van der Waals surface area contributed by atoms with Crippen molar-refractivity contribution in [1.29, 1.82) is 0 Å². The normalized spacial score (nSPS) is 9.08. The molecule has 0 fully saturated rings. The van der Waals surface area contributed by atoms with E-state index in [0.29, 0.717) is 11.3 Å². The number of halogens is 1. The largest absolute Gasteiger partial charge is 0.481 e. The maximum absolute atomic E-state index is 12.9. The van der Waals surface area contributed by atoms with Crippen LogP contribution in [0.1, 0.15) is 5.56 Å². The van der Waals surface area contributed by atoms with Gasteiger partial charge < -0.3 is 4.74 Å². The standard InChI is InChI=1S/C10H9FO/c1-3-6-12-9-5-4-8(2)10(11)7-9/h1,4-5,7H,6H2,2H3. The Hall–Kier alpha value is -1.49. The van der Waals surface area contributed by atoms with E-state index in [1.165, 1.54) is 6.07 Å². The highest BCUT2D eigenvalue weighted by molar-refractivity contribution is 5.28. The van der Waals surface area contributed by atoms with Gasteiger partial charge in [-0.25, -0.2) is 4.39 Å². The van der Waals surface area contributed by atoms with Gasteiger partial charge in [-0.2, -0.15) is 0 Å². The highest BCUT2D eigenvalue weighted by Crippen LogP contribution is 2.15. The van der Waals surface area contributed by atoms with E-state index in [9.17, 15) is 4.39 Å². The maximum Gasteiger partial charge on any atom is 0.148 e. The summed E-state index contributed by atoms with van der Waals surface area (Å²) in [7, 11) is 0. The quantitative estimate of drug-likeness (QED) is 0.608. The Morgan fingerprint density at radius 2 is 2.33 bits per heavy atom. The van der Waals surface area contributed by atoms with Crippen LogP contribution in [0.4, 0.5) is 4.39 Å². The molecule has 1 rings (SSSR count). The third kappa shape index (κ3) is 2.00. The van der Waals surface area contributed by atoms with E-state index in [1.807, 2.05) is 0 Å². The second-order valence-electron chi connectivity index (χ2n) is 2.40. The topological polar surface area (TPSA) is 9.23 Å². The zero-order valence-corrected chi connectivity index (χ0v) is 6.80. The molecule has 0 bridgehead atoms. The van der Waals surface area contributed by atoms with Gasteiger partial charge in [-0.1, -0.05) is 12.0 Å². The molecule has 0 spiro atoms. The van der Waals surface area contributed by atoms with Crippen LogP contribution in [0.2, 0.25) is 0 Å². The summed E-state index contributed by atoms with van der Waals surface area (Å²) in [5, 5.41) is 0. The Kier molecular flexibility index (Phi) is 2.71. The van der Waals surface area contributed by atoms with E-state index < -0.39 is 0 Å². The summed E-state index contributed by atoms with van der Waals surface area (Å²) in [4.78, 5) is 0. The van der Waals surface area contributed by atoms with Crippen LogP contribution in [0, 0.1) is 25.1 Å². The molecule has 0 aliphatic carbocycles. The lowest BCUT2D eigenvalue weighted by Crippen LogP contribution is -1.94. The molecule has 0 unspecified atom stereocenters. The summed E-state index contributed by atoms with van der Waals surface area (Å²) in [6.07, 6.45) is 4.98. The average molecular weight is 164 g/mol. The molecule has 0 saturated carbocycles. The van der Waals surface area contributed by atoms with Crippen molar-refractivity contribution in [3.05, 3.63) is 29.6 Å². The number of hydrogen-bond acceptors (Lipinski definition) is 1. The van der Waals surface area contributed by atoms with Crippen molar-refractivity contribution in [3.8, 4) is 18.1 Å². The first-order valence-corrected chi connectivity index (χ1v) is 3.56. The summed E-state index contributed by atoms with van der Waals surface area (Å²) in [5.41, 5.74) is 0.600. The van der Waals surface area contributed by atoms with Crippen LogP contribution < -0.4 is 4.74 Å². The van der Waals surface area contributed by atoms with Crippen molar-refractivity contribution >= 4 is 0 Å². The molecule has 1 aromatic carbocycles. The molecule has 1 nitrogen and oxygen atoms in total. The molecule has 0 saturated heterocycles. The van der Waals surface area contributed by atoms with Gasteiger partial charge in [-0.15, -0.1) is 6.42 Å². The minimum atomic E-state index is -0.274. The Bertz CT molecular complexity index is 312. The summed E-state index contributed by atoms with van der Waals surface area (Å²) in [5.74, 6) is 2.50. The number of aryl methyl sites for hydroxylation is 1. The first-order chi connectivity index (χ1) is 5.74. The first kappa shape index (κ1) is 8.61. The zero-order chi connectivity index (χ0) is 8.97. The number of rotatable bonds is 2. The Balaban J connectivity index is 2.77. The van der Waals surface area contributed by atoms with Gasteiger partial charge in [-0.05, 0) is 18.6 Å². The van der Waals surface area contributed by atoms with Gasteiger partial charge in [0, 0.05) is 6.07 Å². The van der Waals surface area contributed by atoms with Gasteiger partial charge in [0.15, 0.2) is 0 Å². The van der Waals surface area contributed by atoms with Crippen LogP contribution in [-0.4, -0.2) is 6.61 Å². The molecule has 62 valence electrons. The van der Waals surface area contributed by atoms with Gasteiger partial charge in [0.2, 0.25) is 0 Å². The zero-order valence-electron chi connectivity index (χ0n) is 6.80. The number of terminal acetylenes is 1. The smallest absolute Gasteiger partial charge is 0.148 e. The van der Waals surface area contributed by atoms with Gasteiger partial charge >= 0.3 is 0 Å². The average Bonchev–Trinajstić information content (AvgIpc) is 2.07. The minimum absolute atomic E-state index is 0.169. The molecule has 2 heteroatoms. The number of ether oxygens (including phenoxy) is 1. The molecular weight excluding hydrogens is 155 g/mol. The van der Waals surface area contributed by atoms with Crippen molar-refractivity contribution in [3.63, 3.8) is 0 Å². The Labute approximate surface area is 71.2 Å². The van der Waals surface area contributed by atoms with Crippen molar-refractivity contribution < 1.29 is 9.13 Å². The number of hydrogen-bond donors (Lipinski definition) is 0. The summed E-state index contributed by atoms with van der Waals surface area (Å²) >= 11 is 0. The van der Waals surface area contributed by atoms with Crippen LogP contribution in [0.15, 0.2) is 18.2 Å². The van der Waals surface area contributed by atoms with Crippen LogP contribution in [0.25, 0.3) is 0 Å². The fourth-order valence-corrected chi connectivity index (χ4v) is 0.788. The van der Waals surface area contributed by atoms with Crippen LogP contribution >= 0.6 is 0 Å². The predicted octanol–water partition coefficient (Wildman–Crippen LogP) is 2.15. The van der Waals surface area contributed by atoms with E-state index in [2.05, 4.69) is 5.92 Å². The van der Waals surface area contributed by atoms with Crippen molar-refractivity contribution in [2.75, 3.05) is 6.61 Å². The highest BCUT2D eigenvalue weighted by atomic mass is 19.1. The predicted molar refractivity (Wildman–Crippen MR) is 45.5 cm³/mol. The monoisotopic (exact) mass is 164 g/mol. The summed E-state index contributed by atoms with van der Waals surface area (Å²) < 4.78 is 17.9. The van der Waals surface area contributed by atoms with Crippen LogP contribution in [0.3, 0.4) is 0 Å². The van der Waals surface area contributed by atoms with Crippen molar-refractivity contribution in [2.24, 2.45) is 0 Å². The van der Waals surface area contributed by atoms with Gasteiger partial charge in [-0.3, -0.25) is 0 Å². The van der Waals surface area contributed by atoms with E-state index in [-0.39, 0.29) is 12.4 Å². The van der Waals surface area contributed by atoms with Crippen LogP contribution in [-0.2, 0) is 0 Å². The first-order valence-electron chi connectivity index (χ1n) is 3.56. The molecule has 1 aromatic rings. The summed E-state index contributed by atoms with van der Waals surface area (Å²) in [6, 6.07) is 4.67. The maximum atomic E-state index is 12.9. The van der Waals surface area contributed by atoms with E-state index in [0.717, 1.165) is 0 Å². The highest BCUT2D eigenvalue weighted by Gasteiger charge is 1.98. The third-order valence-electron chi connectivity index (χ3n) is 1.47. The molecular formula is C10H9FO. The minimum Gasteiger partial charge on any atom is -0.481 e. The molecule has 0 radical (unpaired) electrons. The fourth-order valence-electron chi connectivity index (χ4n) is 0.788. The molecule has 0 N–H and O–H groups in total. The molecule has 0 heterocycles. The second kappa shape index (κ2) is 3.77. The third-order valence-corrected chi connectivity index (χ3v) is 1.47. The Morgan fingerprint density at radius 1 is 1.58 bits per heavy atom. The fraction of sp³-hybridized carbons (Fsp3) is 0.200. The van der Waals surface area contributed by atoms with Gasteiger partial charge in [0.25, 0.3) is 0 Å². The van der Waals surface area contributed by atoms with Gasteiger partial charge in [0.1, 0.15) is 18.2 Å². The molecule has 0 aliphatic heterocycles. The molecule has 0 amide bonds. The number of benzene rings is 1. The lowest BCUT2D eigenvalue weighted by Gasteiger charge is -2.02. The lowest BCUT2D eigenvalue weighted by molar-refractivity contribution is 0.367. The van der Waals surface area contributed by atoms with Crippen molar-refractivity contribution in [2.45, 2.75) is 6.92 Å². The second-order valence-corrected chi connectivity index (χ2v) is 2.40. The van der Waals surface area contributed by atoms with E-state index >= 15 is 0 Å². The SMILES string of the molecule is C#CCOc1ccc(C)c(F)c1. The molecule has 0 aliphatic rings. The van der Waals surface area contributed by atoms with Crippen LogP contribution in [0.5, 0.6) is 5.75 Å². The molecule has 12 heavy (non-hydrogen) atoms. The van der Waals surface area contributed by atoms with Gasteiger partial charge in [0.05, 0.1) is 0 Å². The van der Waals surface area contributed by atoms with Crippen molar-refractivity contribution in [1.82, 2.24) is 0 Å². The molecule has 0 atom stereocenters. The summed E-state index contributed by atoms with van der Waals surface area (Å²) in [6.45, 7) is 1.86. The lowest BCUT2D eigenvalue weighted by atomic mass is 10.2. The van der Waals surface area contributed by atoms with E-state index in [4.69, 9.17) is 11.2 Å². The van der Waals surface area contributed by atoms with E-state index in [1.54, 1.807) is 19.1 Å².